The van der Waals surface area contributed by atoms with Crippen LogP contribution in [-0.2, 0) is 6.42 Å². The second kappa shape index (κ2) is 12.5. The number of ether oxygens (including phenoxy) is 2. The zero-order valence-electron chi connectivity index (χ0n) is 17.7. The van der Waals surface area contributed by atoms with Crippen molar-refractivity contribution in [2.75, 3.05) is 33.3 Å². The highest BCUT2D eigenvalue weighted by molar-refractivity contribution is 14.0. The van der Waals surface area contributed by atoms with E-state index in [0.717, 1.165) is 56.2 Å². The number of methoxy groups -OCH3 is 1. The van der Waals surface area contributed by atoms with Crippen LogP contribution in [0.5, 0.6) is 17.2 Å². The molecular formula is C23H32IN3O3. The van der Waals surface area contributed by atoms with E-state index < -0.39 is 0 Å². The molecule has 0 saturated carbocycles. The maximum atomic E-state index is 9.72. The van der Waals surface area contributed by atoms with Crippen molar-refractivity contribution in [3.8, 4) is 17.2 Å². The molecule has 2 aromatic carbocycles. The third-order valence-electron chi connectivity index (χ3n) is 5.03. The van der Waals surface area contributed by atoms with Gasteiger partial charge in [-0.3, -0.25) is 4.99 Å². The monoisotopic (exact) mass is 525 g/mol. The minimum absolute atomic E-state index is 0. The van der Waals surface area contributed by atoms with Gasteiger partial charge in [-0.15, -0.1) is 24.0 Å². The van der Waals surface area contributed by atoms with Crippen LogP contribution < -0.4 is 14.8 Å². The summed E-state index contributed by atoms with van der Waals surface area (Å²) in [6.07, 6.45) is 3.00. The molecule has 0 atom stereocenters. The Balaban J connectivity index is 0.00000320. The normalized spacial score (nSPS) is 14.7. The van der Waals surface area contributed by atoms with Crippen LogP contribution in [-0.4, -0.2) is 55.4 Å². The minimum Gasteiger partial charge on any atom is -0.504 e. The number of likely N-dealkylation sites (tertiary alicyclic amines) is 1. The van der Waals surface area contributed by atoms with Gasteiger partial charge in [0.1, 0.15) is 11.9 Å². The van der Waals surface area contributed by atoms with Crippen molar-refractivity contribution in [1.82, 2.24) is 10.2 Å². The first-order valence-electron chi connectivity index (χ1n) is 10.3. The average Bonchev–Trinajstić information content (AvgIpc) is 2.75. The summed E-state index contributed by atoms with van der Waals surface area (Å²) in [4.78, 5) is 7.12. The van der Waals surface area contributed by atoms with Crippen molar-refractivity contribution in [2.45, 2.75) is 32.3 Å². The third kappa shape index (κ3) is 6.97. The average molecular weight is 525 g/mol. The number of halogens is 1. The van der Waals surface area contributed by atoms with Gasteiger partial charge < -0.3 is 24.8 Å². The largest absolute Gasteiger partial charge is 0.504 e. The SMILES string of the molecule is CCNC(=NCCc1ccc(O)c(OC)c1)N1CCC(Oc2ccccc2)CC1.I. The highest BCUT2D eigenvalue weighted by atomic mass is 127. The first kappa shape index (κ1) is 24.1. The molecule has 3 rings (SSSR count). The number of nitrogens with zero attached hydrogens (tertiary/aromatic N) is 2. The molecule has 0 unspecified atom stereocenters. The Morgan fingerprint density at radius 3 is 2.57 bits per heavy atom. The number of rotatable bonds is 7. The lowest BCUT2D eigenvalue weighted by atomic mass is 10.1. The zero-order chi connectivity index (χ0) is 20.5. The molecule has 0 spiro atoms. The molecule has 1 aliphatic rings. The lowest BCUT2D eigenvalue weighted by Crippen LogP contribution is -2.47. The number of nitrogens with one attached hydrogen (secondary N) is 1. The summed E-state index contributed by atoms with van der Waals surface area (Å²) in [5.74, 6) is 2.56. The number of benzene rings is 2. The number of hydrogen-bond donors (Lipinski definition) is 2. The van der Waals surface area contributed by atoms with Gasteiger partial charge in [0, 0.05) is 39.0 Å². The number of phenols is 1. The molecule has 1 fully saturated rings. The molecule has 164 valence electrons. The summed E-state index contributed by atoms with van der Waals surface area (Å²) in [5, 5.41) is 13.1. The van der Waals surface area contributed by atoms with Crippen LogP contribution in [0.3, 0.4) is 0 Å². The van der Waals surface area contributed by atoms with Gasteiger partial charge in [-0.1, -0.05) is 24.3 Å². The van der Waals surface area contributed by atoms with E-state index in [1.807, 2.05) is 42.5 Å². The first-order chi connectivity index (χ1) is 14.2. The third-order valence-corrected chi connectivity index (χ3v) is 5.03. The Bertz CT molecular complexity index is 794. The standard InChI is InChI=1S/C23H31N3O3.HI/c1-3-24-23(25-14-11-18-9-10-21(27)22(17-18)28-2)26-15-12-20(13-16-26)29-19-7-5-4-6-8-19;/h4-10,17,20,27H,3,11-16H2,1-2H3,(H,24,25);1H. The lowest BCUT2D eigenvalue weighted by molar-refractivity contribution is 0.129. The van der Waals surface area contributed by atoms with E-state index in [1.165, 1.54) is 0 Å². The predicted molar refractivity (Wildman–Crippen MR) is 131 cm³/mol. The van der Waals surface area contributed by atoms with Crippen molar-refractivity contribution in [3.63, 3.8) is 0 Å². The number of aliphatic imine (C=N–C) groups is 1. The Kier molecular flexibility index (Phi) is 10.1. The Morgan fingerprint density at radius 1 is 1.17 bits per heavy atom. The van der Waals surface area contributed by atoms with Gasteiger partial charge in [-0.25, -0.2) is 0 Å². The summed E-state index contributed by atoms with van der Waals surface area (Å²) in [6, 6.07) is 15.5. The Labute approximate surface area is 196 Å². The van der Waals surface area contributed by atoms with Gasteiger partial charge >= 0.3 is 0 Å². The first-order valence-corrected chi connectivity index (χ1v) is 10.3. The van der Waals surface area contributed by atoms with Gasteiger partial charge in [-0.2, -0.15) is 0 Å². The highest BCUT2D eigenvalue weighted by Crippen LogP contribution is 2.26. The summed E-state index contributed by atoms with van der Waals surface area (Å²) in [7, 11) is 1.56. The lowest BCUT2D eigenvalue weighted by Gasteiger charge is -2.34. The van der Waals surface area contributed by atoms with Crippen LogP contribution in [0.4, 0.5) is 0 Å². The predicted octanol–water partition coefficient (Wildman–Crippen LogP) is 4.07. The van der Waals surface area contributed by atoms with Gasteiger partial charge in [0.25, 0.3) is 0 Å². The number of aromatic hydroxyl groups is 1. The van der Waals surface area contributed by atoms with E-state index in [-0.39, 0.29) is 35.8 Å². The molecule has 0 radical (unpaired) electrons. The molecule has 2 aromatic rings. The molecule has 0 aliphatic carbocycles. The summed E-state index contributed by atoms with van der Waals surface area (Å²) in [6.45, 7) is 5.46. The molecule has 30 heavy (non-hydrogen) atoms. The van der Waals surface area contributed by atoms with E-state index in [4.69, 9.17) is 14.5 Å². The van der Waals surface area contributed by atoms with Crippen molar-refractivity contribution >= 4 is 29.9 Å². The van der Waals surface area contributed by atoms with Crippen molar-refractivity contribution < 1.29 is 14.6 Å². The van der Waals surface area contributed by atoms with E-state index >= 15 is 0 Å². The van der Waals surface area contributed by atoms with E-state index in [2.05, 4.69) is 17.1 Å². The number of para-hydroxylation sites is 1. The van der Waals surface area contributed by atoms with E-state index in [0.29, 0.717) is 12.3 Å². The van der Waals surface area contributed by atoms with Crippen molar-refractivity contribution in [1.29, 1.82) is 0 Å². The summed E-state index contributed by atoms with van der Waals surface area (Å²) < 4.78 is 11.3. The maximum absolute atomic E-state index is 9.72. The topological polar surface area (TPSA) is 66.3 Å². The number of piperidine rings is 1. The van der Waals surface area contributed by atoms with Crippen LogP contribution in [0.25, 0.3) is 0 Å². The summed E-state index contributed by atoms with van der Waals surface area (Å²) >= 11 is 0. The zero-order valence-corrected chi connectivity index (χ0v) is 20.0. The number of hydrogen-bond acceptors (Lipinski definition) is 4. The highest BCUT2D eigenvalue weighted by Gasteiger charge is 2.22. The van der Waals surface area contributed by atoms with Crippen molar-refractivity contribution in [3.05, 3.63) is 54.1 Å². The van der Waals surface area contributed by atoms with Crippen LogP contribution in [0.1, 0.15) is 25.3 Å². The van der Waals surface area contributed by atoms with Crippen LogP contribution >= 0.6 is 24.0 Å². The van der Waals surface area contributed by atoms with E-state index in [9.17, 15) is 5.11 Å². The molecule has 0 aromatic heterocycles. The van der Waals surface area contributed by atoms with Gasteiger partial charge in [-0.05, 0) is 43.2 Å². The smallest absolute Gasteiger partial charge is 0.193 e. The van der Waals surface area contributed by atoms with Crippen molar-refractivity contribution in [2.24, 2.45) is 4.99 Å². The Hall–Kier alpha value is -2.16. The molecule has 1 aliphatic heterocycles. The number of guanidine groups is 1. The molecule has 7 heteroatoms. The molecular weight excluding hydrogens is 493 g/mol. The number of phenolic OH excluding ortho intramolecular Hbond substituents is 1. The molecule has 2 N–H and O–H groups in total. The second-order valence-corrected chi connectivity index (χ2v) is 7.11. The fraction of sp³-hybridized carbons (Fsp3) is 0.435. The summed E-state index contributed by atoms with van der Waals surface area (Å²) in [5.41, 5.74) is 1.09. The van der Waals surface area contributed by atoms with Crippen LogP contribution in [0, 0.1) is 0 Å². The second-order valence-electron chi connectivity index (χ2n) is 7.11. The molecule has 0 bridgehead atoms. The fourth-order valence-corrected chi connectivity index (χ4v) is 3.47. The van der Waals surface area contributed by atoms with E-state index in [1.54, 1.807) is 13.2 Å². The molecule has 1 heterocycles. The maximum Gasteiger partial charge on any atom is 0.193 e. The van der Waals surface area contributed by atoms with Crippen LogP contribution in [0.15, 0.2) is 53.5 Å². The van der Waals surface area contributed by atoms with Crippen LogP contribution in [0.2, 0.25) is 0 Å². The van der Waals surface area contributed by atoms with Gasteiger partial charge in [0.15, 0.2) is 17.5 Å². The fourth-order valence-electron chi connectivity index (χ4n) is 3.47. The Morgan fingerprint density at radius 2 is 1.90 bits per heavy atom. The quantitative estimate of drug-likeness (QED) is 0.324. The molecule has 1 saturated heterocycles. The minimum atomic E-state index is 0. The van der Waals surface area contributed by atoms with Gasteiger partial charge in [0.05, 0.1) is 7.11 Å². The molecule has 6 nitrogen and oxygen atoms in total. The molecule has 0 amide bonds. The van der Waals surface area contributed by atoms with Gasteiger partial charge in [0.2, 0.25) is 0 Å².